The molecule has 0 atom stereocenters. The Morgan fingerprint density at radius 1 is 0.970 bits per heavy atom. The number of benzene rings is 3. The zero-order valence-electron chi connectivity index (χ0n) is 17.5. The van der Waals surface area contributed by atoms with E-state index in [9.17, 15) is 22.8 Å². The quantitative estimate of drug-likeness (QED) is 0.267. The molecule has 0 aliphatic heterocycles. The molecule has 0 amide bonds. The van der Waals surface area contributed by atoms with Crippen LogP contribution in [0.5, 0.6) is 0 Å². The number of alkyl halides is 3. The van der Waals surface area contributed by atoms with Crippen molar-refractivity contribution in [2.45, 2.75) is 13.1 Å². The molecule has 0 saturated carbocycles. The summed E-state index contributed by atoms with van der Waals surface area (Å²) in [4.78, 5) is 28.6. The molecule has 33 heavy (non-hydrogen) atoms. The topological polar surface area (TPSA) is 71.2 Å². The van der Waals surface area contributed by atoms with E-state index in [0.717, 1.165) is 23.0 Å². The Morgan fingerprint density at radius 2 is 1.70 bits per heavy atom. The predicted molar refractivity (Wildman–Crippen MR) is 119 cm³/mol. The van der Waals surface area contributed by atoms with Gasteiger partial charge >= 0.3 is 12.1 Å². The smallest absolute Gasteiger partial charge is 0.416 e. The van der Waals surface area contributed by atoms with Crippen LogP contribution in [0.25, 0.3) is 10.9 Å². The molecule has 4 rings (SSSR count). The van der Waals surface area contributed by atoms with Gasteiger partial charge in [0, 0.05) is 27.8 Å². The molecular formula is C25H19F3N2O3. The van der Waals surface area contributed by atoms with Gasteiger partial charge in [0.1, 0.15) is 0 Å². The molecule has 0 aliphatic rings. The van der Waals surface area contributed by atoms with Crippen molar-refractivity contribution in [2.75, 3.05) is 11.9 Å². The number of fused-ring (bicyclic) bond motifs is 1. The van der Waals surface area contributed by atoms with Gasteiger partial charge in [0.05, 0.1) is 16.8 Å². The van der Waals surface area contributed by atoms with Crippen LogP contribution in [-0.4, -0.2) is 23.3 Å². The summed E-state index contributed by atoms with van der Waals surface area (Å²) in [5, 5.41) is 3.56. The Balaban J connectivity index is 1.51. The first-order chi connectivity index (χ1) is 15.7. The largest absolute Gasteiger partial charge is 0.454 e. The molecular weight excluding hydrogens is 433 g/mol. The van der Waals surface area contributed by atoms with Gasteiger partial charge in [-0.2, -0.15) is 13.2 Å². The van der Waals surface area contributed by atoms with Gasteiger partial charge < -0.3 is 15.0 Å². The average molecular weight is 452 g/mol. The highest BCUT2D eigenvalue weighted by Crippen LogP contribution is 2.32. The van der Waals surface area contributed by atoms with Crippen LogP contribution < -0.4 is 5.32 Å². The number of para-hydroxylation sites is 2. The molecule has 1 heterocycles. The van der Waals surface area contributed by atoms with Crippen molar-refractivity contribution >= 4 is 34.0 Å². The first-order valence-corrected chi connectivity index (χ1v) is 10.0. The predicted octanol–water partition coefficient (Wildman–Crippen LogP) is 6.28. The zero-order chi connectivity index (χ0) is 23.6. The highest BCUT2D eigenvalue weighted by atomic mass is 19.4. The van der Waals surface area contributed by atoms with Crippen molar-refractivity contribution in [1.82, 2.24) is 4.98 Å². The second kappa shape index (κ2) is 8.82. The van der Waals surface area contributed by atoms with E-state index in [2.05, 4.69) is 10.3 Å². The number of ketones is 1. The number of ether oxygens (including phenoxy) is 1. The van der Waals surface area contributed by atoms with Gasteiger partial charge in [0.2, 0.25) is 5.78 Å². The summed E-state index contributed by atoms with van der Waals surface area (Å²) >= 11 is 0. The van der Waals surface area contributed by atoms with Gasteiger partial charge in [-0.1, -0.05) is 36.4 Å². The van der Waals surface area contributed by atoms with Crippen LogP contribution in [-0.2, 0) is 10.9 Å². The first-order valence-electron chi connectivity index (χ1n) is 10.0. The Bertz CT molecular complexity index is 1340. The molecule has 2 N–H and O–H groups in total. The number of aryl methyl sites for hydroxylation is 1. The van der Waals surface area contributed by atoms with Crippen molar-refractivity contribution < 1.29 is 27.5 Å². The van der Waals surface area contributed by atoms with Crippen molar-refractivity contribution in [1.29, 1.82) is 0 Å². The highest BCUT2D eigenvalue weighted by molar-refractivity contribution is 6.10. The minimum absolute atomic E-state index is 0.0957. The minimum atomic E-state index is -4.49. The van der Waals surface area contributed by atoms with Gasteiger partial charge in [-0.25, -0.2) is 4.79 Å². The van der Waals surface area contributed by atoms with Gasteiger partial charge in [-0.15, -0.1) is 0 Å². The first kappa shape index (κ1) is 22.1. The summed E-state index contributed by atoms with van der Waals surface area (Å²) < 4.78 is 44.2. The zero-order valence-corrected chi connectivity index (χ0v) is 17.5. The number of hydrogen-bond acceptors (Lipinski definition) is 4. The summed E-state index contributed by atoms with van der Waals surface area (Å²) in [7, 11) is 0. The number of esters is 1. The second-order valence-electron chi connectivity index (χ2n) is 7.42. The highest BCUT2D eigenvalue weighted by Gasteiger charge is 2.30. The molecule has 3 aromatic carbocycles. The van der Waals surface area contributed by atoms with E-state index in [0.29, 0.717) is 11.3 Å². The molecule has 0 saturated heterocycles. The number of anilines is 2. The van der Waals surface area contributed by atoms with Crippen LogP contribution in [0.2, 0.25) is 0 Å². The lowest BCUT2D eigenvalue weighted by Gasteiger charge is -2.13. The summed E-state index contributed by atoms with van der Waals surface area (Å²) in [6.45, 7) is 1.29. The van der Waals surface area contributed by atoms with Crippen LogP contribution in [0.3, 0.4) is 0 Å². The Kier molecular flexibility index (Phi) is 5.91. The maximum absolute atomic E-state index is 13.0. The van der Waals surface area contributed by atoms with Crippen molar-refractivity contribution in [2.24, 2.45) is 0 Å². The lowest BCUT2D eigenvalue weighted by Crippen LogP contribution is -2.16. The number of Topliss-reactive ketones (excluding diaryl/α,β-unsaturated/α-hetero) is 1. The second-order valence-corrected chi connectivity index (χ2v) is 7.42. The third-order valence-corrected chi connectivity index (χ3v) is 5.12. The van der Waals surface area contributed by atoms with Crippen molar-refractivity contribution in [3.05, 3.63) is 95.2 Å². The van der Waals surface area contributed by atoms with Crippen LogP contribution in [0.15, 0.2) is 72.8 Å². The third kappa shape index (κ3) is 4.74. The number of carbonyl (C=O) groups excluding carboxylic acids is 2. The average Bonchev–Trinajstić information content (AvgIpc) is 3.13. The number of carbonyl (C=O) groups is 2. The van der Waals surface area contributed by atoms with E-state index in [1.807, 2.05) is 24.3 Å². The van der Waals surface area contributed by atoms with E-state index < -0.39 is 24.3 Å². The molecule has 1 aromatic heterocycles. The van der Waals surface area contributed by atoms with E-state index in [1.54, 1.807) is 25.1 Å². The normalized spacial score (nSPS) is 11.4. The molecule has 0 bridgehead atoms. The molecule has 0 unspecified atom stereocenters. The van der Waals surface area contributed by atoms with Crippen LogP contribution in [0.4, 0.5) is 24.5 Å². The maximum Gasteiger partial charge on any atom is 0.416 e. The summed E-state index contributed by atoms with van der Waals surface area (Å²) in [5.41, 5.74) is 1.64. The summed E-state index contributed by atoms with van der Waals surface area (Å²) in [6.07, 6.45) is -4.49. The number of aromatic amines is 1. The van der Waals surface area contributed by atoms with Gasteiger partial charge in [-0.3, -0.25) is 4.79 Å². The van der Waals surface area contributed by atoms with Crippen molar-refractivity contribution in [3.63, 3.8) is 0 Å². The standard InChI is InChI=1S/C25H19F3N2O3/c1-15-23(18-9-2-4-11-20(18)29-15)22(31)14-33-24(32)19-10-3-5-12-21(19)30-17-8-6-7-16(13-17)25(26,27)28/h2-13,29-30H,14H2,1H3. The molecule has 168 valence electrons. The lowest BCUT2D eigenvalue weighted by molar-refractivity contribution is -0.137. The summed E-state index contributed by atoms with van der Waals surface area (Å²) in [6, 6.07) is 18.2. The number of halogens is 3. The van der Waals surface area contributed by atoms with Crippen LogP contribution in [0, 0.1) is 6.92 Å². The van der Waals surface area contributed by atoms with E-state index >= 15 is 0 Å². The Labute approximate surface area is 187 Å². The van der Waals surface area contributed by atoms with Crippen LogP contribution >= 0.6 is 0 Å². The number of rotatable bonds is 6. The Morgan fingerprint density at radius 3 is 2.48 bits per heavy atom. The molecule has 0 fully saturated rings. The Hall–Kier alpha value is -4.07. The number of hydrogen-bond donors (Lipinski definition) is 2. The van der Waals surface area contributed by atoms with Gasteiger partial charge in [0.15, 0.2) is 6.61 Å². The molecule has 0 radical (unpaired) electrons. The number of aromatic nitrogens is 1. The van der Waals surface area contributed by atoms with Crippen LogP contribution in [0.1, 0.15) is 32.0 Å². The molecule has 8 heteroatoms. The number of nitrogens with one attached hydrogen (secondary N) is 2. The van der Waals surface area contributed by atoms with E-state index in [4.69, 9.17) is 4.74 Å². The van der Waals surface area contributed by atoms with E-state index in [-0.39, 0.29) is 22.7 Å². The van der Waals surface area contributed by atoms with Crippen molar-refractivity contribution in [3.8, 4) is 0 Å². The minimum Gasteiger partial charge on any atom is -0.454 e. The lowest BCUT2D eigenvalue weighted by atomic mass is 10.1. The van der Waals surface area contributed by atoms with Gasteiger partial charge in [0.25, 0.3) is 0 Å². The van der Waals surface area contributed by atoms with E-state index in [1.165, 1.54) is 18.2 Å². The molecule has 0 aliphatic carbocycles. The third-order valence-electron chi connectivity index (χ3n) is 5.12. The fourth-order valence-corrected chi connectivity index (χ4v) is 3.62. The SMILES string of the molecule is Cc1[nH]c2ccccc2c1C(=O)COC(=O)c1ccccc1Nc1cccc(C(F)(F)F)c1. The summed E-state index contributed by atoms with van der Waals surface area (Å²) in [5.74, 6) is -1.13. The van der Waals surface area contributed by atoms with Gasteiger partial charge in [-0.05, 0) is 43.3 Å². The fourth-order valence-electron chi connectivity index (χ4n) is 3.62. The maximum atomic E-state index is 13.0. The molecule has 5 nitrogen and oxygen atoms in total. The number of H-pyrrole nitrogens is 1. The fraction of sp³-hybridized carbons (Fsp3) is 0.120. The monoisotopic (exact) mass is 452 g/mol. The molecule has 0 spiro atoms. The molecule has 4 aromatic rings.